The number of hydrogen-bond acceptors (Lipinski definition) is 6. The largest absolute Gasteiger partial charge is 0.476 e. The summed E-state index contributed by atoms with van der Waals surface area (Å²) in [7, 11) is -2.41. The summed E-state index contributed by atoms with van der Waals surface area (Å²) in [6.07, 6.45) is 5.21. The molecule has 2 aromatic carbocycles. The Hall–Kier alpha value is -2.82. The number of carboxylic acids is 1. The summed E-state index contributed by atoms with van der Waals surface area (Å²) in [5, 5.41) is 8.75. The standard InChI is InChI=1S/C23H25FN2O5S2/c1-4-5-9-17-14-26(16-10-7-6-8-11-16)19-12-21(32-3)20(31-15-18(24)23(27)28)13-22(19)33(29,30)25(17)2/h4,6-8,10-13,15,17H,1,5,9,14H2,2-3H3,(H,27,28). The molecule has 0 fully saturated rings. The summed E-state index contributed by atoms with van der Waals surface area (Å²) in [6, 6.07) is 12.1. The van der Waals surface area contributed by atoms with Crippen LogP contribution in [0.2, 0.25) is 0 Å². The fourth-order valence-corrected chi connectivity index (χ4v) is 5.68. The Morgan fingerprint density at radius 2 is 2.03 bits per heavy atom. The molecule has 1 heterocycles. The quantitative estimate of drug-likeness (QED) is 0.245. The molecule has 1 aliphatic heterocycles. The van der Waals surface area contributed by atoms with E-state index >= 15 is 0 Å². The van der Waals surface area contributed by atoms with Crippen molar-refractivity contribution in [3.8, 4) is 5.75 Å². The van der Waals surface area contributed by atoms with Crippen molar-refractivity contribution in [3.63, 3.8) is 0 Å². The van der Waals surface area contributed by atoms with Crippen LogP contribution in [0.5, 0.6) is 5.75 Å². The van der Waals surface area contributed by atoms with Gasteiger partial charge in [-0.3, -0.25) is 0 Å². The lowest BCUT2D eigenvalue weighted by molar-refractivity contribution is -0.134. The number of nitrogens with zero attached hydrogens (tertiary/aromatic N) is 2. The van der Waals surface area contributed by atoms with Crippen LogP contribution in [0.4, 0.5) is 15.8 Å². The van der Waals surface area contributed by atoms with E-state index in [1.165, 1.54) is 29.2 Å². The highest BCUT2D eigenvalue weighted by atomic mass is 32.2. The average Bonchev–Trinajstić information content (AvgIpc) is 2.89. The fraction of sp³-hybridized carbons (Fsp3) is 0.261. The van der Waals surface area contributed by atoms with E-state index in [4.69, 9.17) is 9.84 Å². The van der Waals surface area contributed by atoms with Crippen LogP contribution >= 0.6 is 11.8 Å². The molecule has 0 aliphatic carbocycles. The number of fused-ring (bicyclic) bond motifs is 1. The van der Waals surface area contributed by atoms with Crippen molar-refractivity contribution in [2.24, 2.45) is 0 Å². The lowest BCUT2D eigenvalue weighted by Crippen LogP contribution is -2.40. The number of benzene rings is 2. The number of ether oxygens (including phenoxy) is 1. The summed E-state index contributed by atoms with van der Waals surface area (Å²) in [6.45, 7) is 4.17. The minimum Gasteiger partial charge on any atom is -0.476 e. The number of hydrogen-bond donors (Lipinski definition) is 1. The number of likely N-dealkylation sites (N-methyl/N-ethyl adjacent to an activating group) is 1. The fourth-order valence-electron chi connectivity index (χ4n) is 3.58. The molecule has 1 aliphatic rings. The predicted octanol–water partition coefficient (Wildman–Crippen LogP) is 4.79. The van der Waals surface area contributed by atoms with Gasteiger partial charge in [0.1, 0.15) is 16.9 Å². The Morgan fingerprint density at radius 1 is 1.33 bits per heavy atom. The zero-order chi connectivity index (χ0) is 24.2. The molecule has 0 amide bonds. The van der Waals surface area contributed by atoms with Gasteiger partial charge in [-0.15, -0.1) is 18.3 Å². The highest BCUT2D eigenvalue weighted by Crippen LogP contribution is 2.43. The van der Waals surface area contributed by atoms with Gasteiger partial charge in [-0.25, -0.2) is 13.2 Å². The van der Waals surface area contributed by atoms with E-state index in [1.54, 1.807) is 18.4 Å². The zero-order valence-corrected chi connectivity index (χ0v) is 19.9. The first-order valence-electron chi connectivity index (χ1n) is 10.1. The van der Waals surface area contributed by atoms with Gasteiger partial charge in [-0.2, -0.15) is 8.70 Å². The molecule has 7 nitrogen and oxygen atoms in total. The topological polar surface area (TPSA) is 87.1 Å². The van der Waals surface area contributed by atoms with Crippen molar-refractivity contribution in [2.75, 3.05) is 24.7 Å². The molecule has 2 aromatic rings. The van der Waals surface area contributed by atoms with Crippen LogP contribution in [0.15, 0.2) is 77.0 Å². The zero-order valence-electron chi connectivity index (χ0n) is 18.3. The molecule has 1 N–H and O–H groups in total. The van der Waals surface area contributed by atoms with Crippen LogP contribution in [0, 0.1) is 0 Å². The molecule has 1 unspecified atom stereocenters. The Morgan fingerprint density at radius 3 is 2.64 bits per heavy atom. The van der Waals surface area contributed by atoms with Crippen molar-refractivity contribution in [3.05, 3.63) is 67.2 Å². The predicted molar refractivity (Wildman–Crippen MR) is 127 cm³/mol. The van der Waals surface area contributed by atoms with Gasteiger partial charge in [0.05, 0.1) is 10.6 Å². The first kappa shape index (κ1) is 24.8. The van der Waals surface area contributed by atoms with E-state index in [1.807, 2.05) is 35.2 Å². The van der Waals surface area contributed by atoms with Crippen LogP contribution in [-0.2, 0) is 14.8 Å². The van der Waals surface area contributed by atoms with Gasteiger partial charge in [0.2, 0.25) is 15.9 Å². The van der Waals surface area contributed by atoms with Gasteiger partial charge in [0, 0.05) is 31.4 Å². The molecule has 0 spiro atoms. The number of carbonyl (C=O) groups is 1. The first-order valence-corrected chi connectivity index (χ1v) is 12.8. The third-order valence-corrected chi connectivity index (χ3v) is 8.06. The second-order valence-corrected chi connectivity index (χ2v) is 10.2. The van der Waals surface area contributed by atoms with Gasteiger partial charge in [0.15, 0.2) is 0 Å². The lowest BCUT2D eigenvalue weighted by Gasteiger charge is -2.29. The molecular weight excluding hydrogens is 467 g/mol. The SMILES string of the molecule is C=CCCC1CN(c2ccccc2)c2cc(SC)c(OC=C(F)C(=O)O)cc2S(=O)(=O)N1C. The maximum atomic E-state index is 13.6. The average molecular weight is 493 g/mol. The first-order chi connectivity index (χ1) is 15.7. The molecule has 3 rings (SSSR count). The van der Waals surface area contributed by atoms with Crippen LogP contribution < -0.4 is 9.64 Å². The molecule has 176 valence electrons. The highest BCUT2D eigenvalue weighted by molar-refractivity contribution is 7.98. The summed E-state index contributed by atoms with van der Waals surface area (Å²) in [5.41, 5.74) is 1.29. The van der Waals surface area contributed by atoms with E-state index in [-0.39, 0.29) is 16.7 Å². The smallest absolute Gasteiger partial charge is 0.368 e. The van der Waals surface area contributed by atoms with E-state index in [0.29, 0.717) is 36.2 Å². The van der Waals surface area contributed by atoms with Crippen LogP contribution in [-0.4, -0.2) is 49.7 Å². The van der Waals surface area contributed by atoms with Gasteiger partial charge >= 0.3 is 5.97 Å². The Kier molecular flexibility index (Phi) is 7.83. The van der Waals surface area contributed by atoms with Gasteiger partial charge in [-0.05, 0) is 37.3 Å². The minimum atomic E-state index is -3.94. The number of allylic oxidation sites excluding steroid dienone is 1. The second kappa shape index (κ2) is 10.4. The van der Waals surface area contributed by atoms with E-state index in [2.05, 4.69) is 6.58 Å². The number of thioether (sulfide) groups is 1. The second-order valence-electron chi connectivity index (χ2n) is 7.35. The van der Waals surface area contributed by atoms with Crippen LogP contribution in [0.25, 0.3) is 0 Å². The molecule has 10 heteroatoms. The van der Waals surface area contributed by atoms with Crippen molar-refractivity contribution in [2.45, 2.75) is 28.7 Å². The van der Waals surface area contributed by atoms with E-state index < -0.39 is 21.8 Å². The molecule has 0 aromatic heterocycles. The maximum absolute atomic E-state index is 13.6. The van der Waals surface area contributed by atoms with Crippen molar-refractivity contribution < 1.29 is 27.4 Å². The molecule has 0 saturated carbocycles. The van der Waals surface area contributed by atoms with Gasteiger partial charge in [0.25, 0.3) is 0 Å². The molecule has 0 saturated heterocycles. The van der Waals surface area contributed by atoms with Crippen LogP contribution in [0.1, 0.15) is 12.8 Å². The number of aliphatic carboxylic acids is 1. The summed E-state index contributed by atoms with van der Waals surface area (Å²) in [4.78, 5) is 13.2. The van der Waals surface area contributed by atoms with E-state index in [9.17, 15) is 17.6 Å². The Labute approximate surface area is 197 Å². The van der Waals surface area contributed by atoms with Crippen molar-refractivity contribution in [1.82, 2.24) is 4.31 Å². The lowest BCUT2D eigenvalue weighted by atomic mass is 10.1. The summed E-state index contributed by atoms with van der Waals surface area (Å²) >= 11 is 1.28. The number of anilines is 2. The molecule has 0 bridgehead atoms. The number of rotatable bonds is 8. The van der Waals surface area contributed by atoms with Crippen LogP contribution in [0.3, 0.4) is 0 Å². The summed E-state index contributed by atoms with van der Waals surface area (Å²) < 4.78 is 47.3. The Balaban J connectivity index is 2.22. The van der Waals surface area contributed by atoms with Crippen molar-refractivity contribution in [1.29, 1.82) is 0 Å². The normalized spacial score (nSPS) is 18.3. The summed E-state index contributed by atoms with van der Waals surface area (Å²) in [5.74, 6) is -3.22. The Bertz CT molecular complexity index is 1170. The number of sulfonamides is 1. The molecule has 33 heavy (non-hydrogen) atoms. The van der Waals surface area contributed by atoms with Crippen molar-refractivity contribution >= 4 is 39.1 Å². The molecule has 0 radical (unpaired) electrons. The number of carboxylic acid groups (broad SMARTS) is 1. The maximum Gasteiger partial charge on any atom is 0.368 e. The monoisotopic (exact) mass is 492 g/mol. The minimum absolute atomic E-state index is 0.00751. The van der Waals surface area contributed by atoms with Gasteiger partial charge in [-0.1, -0.05) is 24.3 Å². The third kappa shape index (κ3) is 5.23. The molecule has 1 atom stereocenters. The third-order valence-electron chi connectivity index (χ3n) is 5.37. The number of para-hydroxylation sites is 1. The van der Waals surface area contributed by atoms with E-state index in [0.717, 1.165) is 5.69 Å². The highest BCUT2D eigenvalue weighted by Gasteiger charge is 2.37. The number of halogens is 1. The van der Waals surface area contributed by atoms with Gasteiger partial charge < -0.3 is 14.7 Å². The molecular formula is C23H25FN2O5S2.